The normalized spacial score (nSPS) is 11.5. The Morgan fingerprint density at radius 3 is 2.50 bits per heavy atom. The number of methoxy groups -OCH3 is 1. The van der Waals surface area contributed by atoms with Gasteiger partial charge in [-0.15, -0.1) is 0 Å². The lowest BCUT2D eigenvalue weighted by Crippen LogP contribution is -2.20. The maximum atomic E-state index is 13.8. The van der Waals surface area contributed by atoms with Crippen LogP contribution in [0.3, 0.4) is 0 Å². The van der Waals surface area contributed by atoms with Gasteiger partial charge in [0.05, 0.1) is 29.4 Å². The van der Waals surface area contributed by atoms with Crippen molar-refractivity contribution in [1.82, 2.24) is 14.8 Å². The first kappa shape index (κ1) is 23.0. The number of anilines is 1. The van der Waals surface area contributed by atoms with Crippen LogP contribution in [0, 0.1) is 12.7 Å². The summed E-state index contributed by atoms with van der Waals surface area (Å²) in [6, 6.07) is 12.4. The van der Waals surface area contributed by atoms with E-state index in [0.717, 1.165) is 10.7 Å². The third-order valence-electron chi connectivity index (χ3n) is 4.87. The van der Waals surface area contributed by atoms with E-state index in [2.05, 4.69) is 15.4 Å². The molecule has 0 spiro atoms. The van der Waals surface area contributed by atoms with Gasteiger partial charge in [0.15, 0.2) is 12.3 Å². The summed E-state index contributed by atoms with van der Waals surface area (Å²) < 4.78 is 66.6. The largest absolute Gasteiger partial charge is 0.497 e. The molecule has 0 atom stereocenters. The van der Waals surface area contributed by atoms with Crippen LogP contribution in [0.1, 0.15) is 11.3 Å². The summed E-state index contributed by atoms with van der Waals surface area (Å²) in [5, 5.41) is 6.44. The predicted molar refractivity (Wildman–Crippen MR) is 116 cm³/mol. The Hall–Kier alpha value is -4.15. The maximum Gasteiger partial charge on any atom is 0.417 e. The molecular weight excluding hydrogens is 456 g/mol. The molecule has 2 heterocycles. The van der Waals surface area contributed by atoms with Crippen molar-refractivity contribution in [2.75, 3.05) is 19.0 Å². The molecule has 34 heavy (non-hydrogen) atoms. The van der Waals surface area contributed by atoms with Gasteiger partial charge in [0, 0.05) is 11.8 Å². The van der Waals surface area contributed by atoms with Gasteiger partial charge >= 0.3 is 6.18 Å². The number of aryl methyl sites for hydroxylation is 1. The fourth-order valence-corrected chi connectivity index (χ4v) is 3.36. The summed E-state index contributed by atoms with van der Waals surface area (Å²) in [7, 11) is 1.50. The number of carbonyl (C=O) groups excluding carboxylic acids is 1. The Bertz CT molecular complexity index is 1350. The summed E-state index contributed by atoms with van der Waals surface area (Å²) in [6.07, 6.45) is -4.74. The molecule has 0 aliphatic rings. The van der Waals surface area contributed by atoms with Gasteiger partial charge in [-0.05, 0) is 49.4 Å². The van der Waals surface area contributed by atoms with Crippen LogP contribution < -0.4 is 14.8 Å². The van der Waals surface area contributed by atoms with Crippen molar-refractivity contribution in [2.24, 2.45) is 0 Å². The van der Waals surface area contributed by atoms with E-state index in [9.17, 15) is 22.4 Å². The molecule has 2 aromatic carbocycles. The van der Waals surface area contributed by atoms with E-state index in [-0.39, 0.29) is 22.4 Å². The van der Waals surface area contributed by atoms with Gasteiger partial charge in [-0.3, -0.25) is 4.79 Å². The smallest absolute Gasteiger partial charge is 0.417 e. The Morgan fingerprint density at radius 1 is 1.12 bits per heavy atom. The molecule has 4 aromatic rings. The molecule has 0 radical (unpaired) electrons. The van der Waals surface area contributed by atoms with E-state index in [1.54, 1.807) is 24.3 Å². The third-order valence-corrected chi connectivity index (χ3v) is 4.87. The SMILES string of the molecule is COc1ccc(NC(=O)COc2cc(C(F)(F)F)c3c(C)nn(-c4cccc(F)c4)c3n2)cc1. The number of pyridine rings is 1. The van der Waals surface area contributed by atoms with Crippen molar-refractivity contribution >= 4 is 22.6 Å². The fourth-order valence-electron chi connectivity index (χ4n) is 3.36. The molecule has 0 aliphatic carbocycles. The van der Waals surface area contributed by atoms with Gasteiger partial charge < -0.3 is 14.8 Å². The lowest BCUT2D eigenvalue weighted by Gasteiger charge is -2.12. The number of nitrogens with one attached hydrogen (secondary N) is 1. The van der Waals surface area contributed by atoms with Crippen LogP contribution in [0.4, 0.5) is 23.2 Å². The van der Waals surface area contributed by atoms with E-state index in [4.69, 9.17) is 9.47 Å². The highest BCUT2D eigenvalue weighted by atomic mass is 19.4. The zero-order chi connectivity index (χ0) is 24.5. The minimum Gasteiger partial charge on any atom is -0.497 e. The molecule has 1 amide bonds. The fraction of sp³-hybridized carbons (Fsp3) is 0.174. The van der Waals surface area contributed by atoms with Gasteiger partial charge in [0.25, 0.3) is 5.91 Å². The molecule has 2 aromatic heterocycles. The number of benzene rings is 2. The van der Waals surface area contributed by atoms with Gasteiger partial charge in [0.2, 0.25) is 5.88 Å². The summed E-state index contributed by atoms with van der Waals surface area (Å²) in [5.74, 6) is -1.02. The Balaban J connectivity index is 1.65. The number of halogens is 4. The standard InChI is InChI=1S/C23H18F4N4O3/c1-13-21-18(23(25,26)27)11-20(29-22(21)31(30-13)16-5-3-4-14(24)10-16)34-12-19(32)28-15-6-8-17(33-2)9-7-15/h3-11H,12H2,1-2H3,(H,28,32). The van der Waals surface area contributed by atoms with E-state index in [0.29, 0.717) is 17.5 Å². The van der Waals surface area contributed by atoms with Crippen molar-refractivity contribution in [3.63, 3.8) is 0 Å². The minimum atomic E-state index is -4.74. The Kier molecular flexibility index (Phi) is 6.10. The molecule has 0 saturated heterocycles. The monoisotopic (exact) mass is 474 g/mol. The lowest BCUT2D eigenvalue weighted by molar-refractivity contribution is -0.136. The average Bonchev–Trinajstić information content (AvgIpc) is 3.13. The van der Waals surface area contributed by atoms with Crippen LogP contribution in [0.15, 0.2) is 54.6 Å². The first-order valence-electron chi connectivity index (χ1n) is 9.96. The molecule has 0 fully saturated rings. The predicted octanol–water partition coefficient (Wildman–Crippen LogP) is 4.91. The maximum absolute atomic E-state index is 13.8. The summed E-state index contributed by atoms with van der Waals surface area (Å²) in [5.41, 5.74) is -0.503. The number of amides is 1. The second-order valence-corrected chi connectivity index (χ2v) is 7.25. The number of nitrogens with zero attached hydrogens (tertiary/aromatic N) is 3. The zero-order valence-electron chi connectivity index (χ0n) is 18.0. The summed E-state index contributed by atoms with van der Waals surface area (Å²) >= 11 is 0. The van der Waals surface area contributed by atoms with E-state index in [1.807, 2.05) is 0 Å². The third kappa shape index (κ3) is 4.77. The molecule has 176 valence electrons. The first-order valence-corrected chi connectivity index (χ1v) is 9.96. The second-order valence-electron chi connectivity index (χ2n) is 7.25. The highest BCUT2D eigenvalue weighted by Crippen LogP contribution is 2.38. The molecule has 0 unspecified atom stereocenters. The second kappa shape index (κ2) is 9.00. The van der Waals surface area contributed by atoms with E-state index < -0.39 is 36.0 Å². The summed E-state index contributed by atoms with van der Waals surface area (Å²) in [4.78, 5) is 16.4. The van der Waals surface area contributed by atoms with Crippen molar-refractivity contribution in [2.45, 2.75) is 13.1 Å². The minimum absolute atomic E-state index is 0.0582. The quantitative estimate of drug-likeness (QED) is 0.402. The molecule has 0 aliphatic heterocycles. The van der Waals surface area contributed by atoms with Gasteiger partial charge in [-0.2, -0.15) is 23.3 Å². The molecule has 1 N–H and O–H groups in total. The number of alkyl halides is 3. The van der Waals surface area contributed by atoms with E-state index >= 15 is 0 Å². The molecular formula is C23H18F4N4O3. The van der Waals surface area contributed by atoms with Crippen LogP contribution in [0.2, 0.25) is 0 Å². The van der Waals surface area contributed by atoms with Crippen LogP contribution in [0.25, 0.3) is 16.7 Å². The number of hydrogen-bond acceptors (Lipinski definition) is 5. The topological polar surface area (TPSA) is 78.3 Å². The number of carbonyl (C=O) groups is 1. The van der Waals surface area contributed by atoms with Crippen LogP contribution in [-0.2, 0) is 11.0 Å². The molecule has 7 nitrogen and oxygen atoms in total. The highest BCUT2D eigenvalue weighted by Gasteiger charge is 2.36. The van der Waals surface area contributed by atoms with Crippen LogP contribution >= 0.6 is 0 Å². The van der Waals surface area contributed by atoms with Gasteiger partial charge in [0.1, 0.15) is 11.6 Å². The van der Waals surface area contributed by atoms with Crippen molar-refractivity contribution in [1.29, 1.82) is 0 Å². The van der Waals surface area contributed by atoms with E-state index in [1.165, 1.54) is 32.2 Å². The number of hydrogen-bond donors (Lipinski definition) is 1. The van der Waals surface area contributed by atoms with Crippen molar-refractivity contribution in [3.05, 3.63) is 71.7 Å². The zero-order valence-corrected chi connectivity index (χ0v) is 18.0. The van der Waals surface area contributed by atoms with Crippen LogP contribution in [0.5, 0.6) is 11.6 Å². The molecule has 0 saturated carbocycles. The number of fused-ring (bicyclic) bond motifs is 1. The van der Waals surface area contributed by atoms with Gasteiger partial charge in [-0.25, -0.2) is 9.07 Å². The molecule has 4 rings (SSSR count). The lowest BCUT2D eigenvalue weighted by atomic mass is 10.1. The number of ether oxygens (including phenoxy) is 2. The van der Waals surface area contributed by atoms with Crippen molar-refractivity contribution < 1.29 is 31.8 Å². The van der Waals surface area contributed by atoms with Gasteiger partial charge in [-0.1, -0.05) is 6.07 Å². The van der Waals surface area contributed by atoms with Crippen molar-refractivity contribution in [3.8, 4) is 17.3 Å². The summed E-state index contributed by atoms with van der Waals surface area (Å²) in [6.45, 7) is 0.812. The average molecular weight is 474 g/mol. The number of rotatable bonds is 6. The van der Waals surface area contributed by atoms with Crippen LogP contribution in [-0.4, -0.2) is 34.4 Å². The highest BCUT2D eigenvalue weighted by molar-refractivity contribution is 5.92. The molecule has 11 heteroatoms. The molecule has 0 bridgehead atoms. The Morgan fingerprint density at radius 2 is 1.85 bits per heavy atom. The first-order chi connectivity index (χ1) is 16.2. The Labute approximate surface area is 190 Å². The number of aromatic nitrogens is 3.